The smallest absolute Gasteiger partial charge is 0.254 e. The molecule has 0 spiro atoms. The number of para-hydroxylation sites is 1. The van der Waals surface area contributed by atoms with E-state index in [0.29, 0.717) is 11.7 Å². The van der Waals surface area contributed by atoms with Gasteiger partial charge >= 0.3 is 0 Å². The van der Waals surface area contributed by atoms with Gasteiger partial charge in [0, 0.05) is 12.5 Å². The van der Waals surface area contributed by atoms with Crippen LogP contribution in [0.3, 0.4) is 0 Å². The number of benzene rings is 1. The molecule has 0 saturated heterocycles. The van der Waals surface area contributed by atoms with Gasteiger partial charge in [-0.2, -0.15) is 4.57 Å². The maximum atomic E-state index is 9.90. The molecule has 1 heterocycles. The summed E-state index contributed by atoms with van der Waals surface area (Å²) in [4.78, 5) is 0. The third-order valence-electron chi connectivity index (χ3n) is 2.82. The number of phenols is 1. The molecule has 1 N–H and O–H groups in total. The zero-order valence-electron chi connectivity index (χ0n) is 9.85. The van der Waals surface area contributed by atoms with Gasteiger partial charge in [-0.15, -0.1) is 0 Å². The van der Waals surface area contributed by atoms with Crippen LogP contribution in [0.5, 0.6) is 5.75 Å². The summed E-state index contributed by atoms with van der Waals surface area (Å²) in [6, 6.07) is 9.71. The number of aryl methyl sites for hydroxylation is 1. The van der Waals surface area contributed by atoms with Crippen LogP contribution >= 0.6 is 0 Å². The fourth-order valence-electron chi connectivity index (χ4n) is 1.90. The van der Waals surface area contributed by atoms with Crippen molar-refractivity contribution >= 4 is 10.9 Å². The first-order valence-electron chi connectivity index (χ1n) is 5.78. The molecular weight excluding hydrogens is 198 g/mol. The molecule has 16 heavy (non-hydrogen) atoms. The molecule has 2 rings (SSSR count). The number of hydrogen-bond donors (Lipinski definition) is 1. The summed E-state index contributed by atoms with van der Waals surface area (Å²) in [5.74, 6) is 1.04. The standard InChI is InChI=1S/C14H17NO/c1-11(2)8-10-15-9-4-6-12-5-3-7-13(16)14(12)15/h3-7,9,11H,8,10H2,1-2H3/p+1. The number of hydrogen-bond acceptors (Lipinski definition) is 1. The Balaban J connectivity index is 2.44. The van der Waals surface area contributed by atoms with Crippen LogP contribution < -0.4 is 4.57 Å². The Morgan fingerprint density at radius 3 is 2.69 bits per heavy atom. The number of rotatable bonds is 3. The third kappa shape index (κ3) is 2.16. The highest BCUT2D eigenvalue weighted by Gasteiger charge is 2.12. The summed E-state index contributed by atoms with van der Waals surface area (Å²) in [6.45, 7) is 5.38. The first kappa shape index (κ1) is 10.9. The van der Waals surface area contributed by atoms with E-state index in [-0.39, 0.29) is 0 Å². The minimum Gasteiger partial charge on any atom is -0.502 e. The largest absolute Gasteiger partial charge is 0.502 e. The van der Waals surface area contributed by atoms with Crippen LogP contribution in [0.1, 0.15) is 20.3 Å². The van der Waals surface area contributed by atoms with Gasteiger partial charge in [0.2, 0.25) is 0 Å². The number of pyridine rings is 1. The molecule has 0 amide bonds. The van der Waals surface area contributed by atoms with E-state index in [1.165, 1.54) is 0 Å². The molecular formula is C14H18NO+. The lowest BCUT2D eigenvalue weighted by atomic mass is 10.1. The van der Waals surface area contributed by atoms with Gasteiger partial charge < -0.3 is 5.11 Å². The second kappa shape index (κ2) is 4.52. The molecule has 0 fully saturated rings. The summed E-state index contributed by atoms with van der Waals surface area (Å²) in [5.41, 5.74) is 0.936. The van der Waals surface area contributed by atoms with Crippen LogP contribution in [0.4, 0.5) is 0 Å². The highest BCUT2D eigenvalue weighted by molar-refractivity contribution is 5.80. The van der Waals surface area contributed by atoms with Crippen LogP contribution in [0.15, 0.2) is 36.5 Å². The van der Waals surface area contributed by atoms with E-state index in [1.54, 1.807) is 6.07 Å². The Morgan fingerprint density at radius 1 is 1.19 bits per heavy atom. The average molecular weight is 216 g/mol. The highest BCUT2D eigenvalue weighted by atomic mass is 16.3. The molecule has 2 aromatic rings. The number of aromatic nitrogens is 1. The van der Waals surface area contributed by atoms with Crippen LogP contribution in [-0.4, -0.2) is 5.11 Å². The van der Waals surface area contributed by atoms with Gasteiger partial charge in [-0.25, -0.2) is 0 Å². The zero-order valence-corrected chi connectivity index (χ0v) is 9.85. The van der Waals surface area contributed by atoms with Crippen molar-refractivity contribution < 1.29 is 9.67 Å². The summed E-state index contributed by atoms with van der Waals surface area (Å²) in [7, 11) is 0. The van der Waals surface area contributed by atoms with Gasteiger partial charge in [-0.05, 0) is 24.1 Å². The van der Waals surface area contributed by atoms with Crippen LogP contribution in [0.25, 0.3) is 10.9 Å². The lowest BCUT2D eigenvalue weighted by molar-refractivity contribution is -0.672. The Bertz CT molecular complexity index is 486. The topological polar surface area (TPSA) is 24.1 Å². The highest BCUT2D eigenvalue weighted by Crippen LogP contribution is 2.20. The van der Waals surface area contributed by atoms with E-state index in [2.05, 4.69) is 18.4 Å². The molecule has 0 aliphatic carbocycles. The molecule has 1 aromatic carbocycles. The van der Waals surface area contributed by atoms with Crippen molar-refractivity contribution in [1.29, 1.82) is 0 Å². The van der Waals surface area contributed by atoms with Crippen molar-refractivity contribution in [1.82, 2.24) is 0 Å². The van der Waals surface area contributed by atoms with Crippen molar-refractivity contribution in [3.05, 3.63) is 36.5 Å². The van der Waals surface area contributed by atoms with Crippen molar-refractivity contribution in [2.75, 3.05) is 0 Å². The quantitative estimate of drug-likeness (QED) is 0.784. The molecule has 2 nitrogen and oxygen atoms in total. The Labute approximate surface area is 96.2 Å². The molecule has 0 saturated carbocycles. The molecule has 2 heteroatoms. The fraction of sp³-hybridized carbons (Fsp3) is 0.357. The Kier molecular flexibility index (Phi) is 3.09. The zero-order chi connectivity index (χ0) is 11.5. The SMILES string of the molecule is CC(C)CC[n+]1cccc2cccc(O)c21. The van der Waals surface area contributed by atoms with E-state index in [0.717, 1.165) is 23.9 Å². The number of aromatic hydroxyl groups is 1. The summed E-state index contributed by atoms with van der Waals surface area (Å²) < 4.78 is 2.13. The van der Waals surface area contributed by atoms with E-state index >= 15 is 0 Å². The monoisotopic (exact) mass is 216 g/mol. The average Bonchev–Trinajstić information content (AvgIpc) is 2.26. The maximum Gasteiger partial charge on any atom is 0.254 e. The molecule has 0 bridgehead atoms. The fourth-order valence-corrected chi connectivity index (χ4v) is 1.90. The van der Waals surface area contributed by atoms with Crippen LogP contribution in [-0.2, 0) is 6.54 Å². The van der Waals surface area contributed by atoms with E-state index in [9.17, 15) is 5.11 Å². The first-order valence-corrected chi connectivity index (χ1v) is 5.78. The molecule has 1 aromatic heterocycles. The van der Waals surface area contributed by atoms with Crippen LogP contribution in [0.2, 0.25) is 0 Å². The molecule has 0 radical (unpaired) electrons. The van der Waals surface area contributed by atoms with Crippen molar-refractivity contribution in [3.8, 4) is 5.75 Å². The van der Waals surface area contributed by atoms with Gasteiger partial charge in [0.25, 0.3) is 5.52 Å². The van der Waals surface area contributed by atoms with Gasteiger partial charge in [-0.3, -0.25) is 0 Å². The molecule has 0 aliphatic heterocycles. The number of phenolic OH excluding ortho intramolecular Hbond substituents is 1. The van der Waals surface area contributed by atoms with Gasteiger partial charge in [0.15, 0.2) is 11.9 Å². The van der Waals surface area contributed by atoms with Crippen molar-refractivity contribution in [3.63, 3.8) is 0 Å². The Hall–Kier alpha value is -1.57. The molecule has 0 atom stereocenters. The molecule has 84 valence electrons. The van der Waals surface area contributed by atoms with E-state index in [1.807, 2.05) is 30.5 Å². The van der Waals surface area contributed by atoms with E-state index < -0.39 is 0 Å². The number of fused-ring (bicyclic) bond motifs is 1. The predicted octanol–water partition coefficient (Wildman–Crippen LogP) is 2.88. The first-order chi connectivity index (χ1) is 7.68. The lowest BCUT2D eigenvalue weighted by Crippen LogP contribution is -2.34. The molecule has 0 unspecified atom stereocenters. The normalized spacial score (nSPS) is 11.2. The van der Waals surface area contributed by atoms with Crippen molar-refractivity contribution in [2.24, 2.45) is 5.92 Å². The summed E-state index contributed by atoms with van der Waals surface area (Å²) in [5, 5.41) is 11.0. The van der Waals surface area contributed by atoms with Crippen LogP contribution in [0, 0.1) is 5.92 Å². The summed E-state index contributed by atoms with van der Waals surface area (Å²) >= 11 is 0. The minimum absolute atomic E-state index is 0.363. The second-order valence-electron chi connectivity index (χ2n) is 4.60. The maximum absolute atomic E-state index is 9.90. The van der Waals surface area contributed by atoms with Gasteiger partial charge in [-0.1, -0.05) is 19.9 Å². The predicted molar refractivity (Wildman–Crippen MR) is 65.3 cm³/mol. The second-order valence-corrected chi connectivity index (χ2v) is 4.60. The summed E-state index contributed by atoms with van der Waals surface area (Å²) in [6.07, 6.45) is 3.16. The number of nitrogens with zero attached hydrogens (tertiary/aromatic N) is 1. The van der Waals surface area contributed by atoms with Crippen molar-refractivity contribution in [2.45, 2.75) is 26.8 Å². The van der Waals surface area contributed by atoms with Gasteiger partial charge in [0.05, 0.1) is 5.39 Å². The van der Waals surface area contributed by atoms with Gasteiger partial charge in [0.1, 0.15) is 6.54 Å². The third-order valence-corrected chi connectivity index (χ3v) is 2.82. The minimum atomic E-state index is 0.363. The van der Waals surface area contributed by atoms with E-state index in [4.69, 9.17) is 0 Å². The lowest BCUT2D eigenvalue weighted by Gasteiger charge is -2.04. The Morgan fingerprint density at radius 2 is 1.94 bits per heavy atom. The molecule has 0 aliphatic rings.